The van der Waals surface area contributed by atoms with Crippen molar-refractivity contribution in [2.75, 3.05) is 0 Å². The Morgan fingerprint density at radius 1 is 1.10 bits per heavy atom. The van der Waals surface area contributed by atoms with Gasteiger partial charge < -0.3 is 0 Å². The van der Waals surface area contributed by atoms with Gasteiger partial charge >= 0.3 is 0 Å². The van der Waals surface area contributed by atoms with E-state index >= 15 is 0 Å². The van der Waals surface area contributed by atoms with Gasteiger partial charge in [0.15, 0.2) is 5.78 Å². The standard InChI is InChI=1S/C28H33FO/c1-4-22(15-14-21(3)23-8-5-6-9-23)18-27(24-16-12-20(2)13-17-24)28(30)25-10-7-11-26(29)19-25/h7,10-17,19,23,27H,4-6,8-9,18H2,1-3H3/b21-14+,22-15+. The lowest BCUT2D eigenvalue weighted by Gasteiger charge is -2.19. The zero-order valence-electron chi connectivity index (χ0n) is 18.5. The monoisotopic (exact) mass is 404 g/mol. The number of carbonyl (C=O) groups excluding carboxylic acids is 1. The molecule has 0 aromatic heterocycles. The summed E-state index contributed by atoms with van der Waals surface area (Å²) in [5.74, 6) is 0.0130. The second-order valence-electron chi connectivity index (χ2n) is 8.61. The normalized spacial score (nSPS) is 16.7. The van der Waals surface area contributed by atoms with Gasteiger partial charge in [0, 0.05) is 5.56 Å². The molecule has 2 aromatic carbocycles. The summed E-state index contributed by atoms with van der Waals surface area (Å²) in [4.78, 5) is 13.4. The smallest absolute Gasteiger partial charge is 0.170 e. The van der Waals surface area contributed by atoms with Crippen LogP contribution in [0.15, 0.2) is 71.8 Å². The van der Waals surface area contributed by atoms with Crippen LogP contribution in [0.3, 0.4) is 0 Å². The van der Waals surface area contributed by atoms with Crippen LogP contribution in [-0.2, 0) is 0 Å². The molecule has 3 rings (SSSR count). The minimum Gasteiger partial charge on any atom is -0.293 e. The highest BCUT2D eigenvalue weighted by Crippen LogP contribution is 2.32. The third kappa shape index (κ3) is 5.78. The lowest BCUT2D eigenvalue weighted by Crippen LogP contribution is -2.14. The van der Waals surface area contributed by atoms with Gasteiger partial charge in [-0.15, -0.1) is 0 Å². The number of aryl methyl sites for hydroxylation is 1. The van der Waals surface area contributed by atoms with E-state index in [-0.39, 0.29) is 17.5 Å². The molecule has 1 aliphatic rings. The first-order valence-corrected chi connectivity index (χ1v) is 11.2. The van der Waals surface area contributed by atoms with Crippen molar-refractivity contribution in [2.24, 2.45) is 5.92 Å². The Balaban J connectivity index is 1.88. The van der Waals surface area contributed by atoms with Crippen LogP contribution in [-0.4, -0.2) is 5.78 Å². The molecule has 1 unspecified atom stereocenters. The summed E-state index contributed by atoms with van der Waals surface area (Å²) in [6.07, 6.45) is 11.3. The van der Waals surface area contributed by atoms with E-state index in [9.17, 15) is 9.18 Å². The zero-order chi connectivity index (χ0) is 21.5. The first-order chi connectivity index (χ1) is 14.5. The van der Waals surface area contributed by atoms with E-state index in [0.717, 1.165) is 17.5 Å². The molecule has 1 saturated carbocycles. The van der Waals surface area contributed by atoms with Crippen molar-refractivity contribution in [2.45, 2.75) is 65.2 Å². The first kappa shape index (κ1) is 22.2. The fraction of sp³-hybridized carbons (Fsp3) is 0.393. The highest BCUT2D eigenvalue weighted by molar-refractivity contribution is 6.01. The summed E-state index contributed by atoms with van der Waals surface area (Å²) in [5, 5.41) is 0. The van der Waals surface area contributed by atoms with E-state index in [4.69, 9.17) is 0 Å². The number of carbonyl (C=O) groups is 1. The molecule has 0 radical (unpaired) electrons. The van der Waals surface area contributed by atoms with Crippen LogP contribution in [0.25, 0.3) is 0 Å². The number of Topliss-reactive ketones (excluding diaryl/α,β-unsaturated/α-hetero) is 1. The Kier molecular flexibility index (Phi) is 7.79. The number of hydrogen-bond acceptors (Lipinski definition) is 1. The van der Waals surface area contributed by atoms with Gasteiger partial charge in [0.2, 0.25) is 0 Å². The molecule has 1 aliphatic carbocycles. The second kappa shape index (κ2) is 10.5. The maximum atomic E-state index is 13.8. The molecule has 1 fully saturated rings. The van der Waals surface area contributed by atoms with E-state index < -0.39 is 0 Å². The molecule has 0 bridgehead atoms. The molecule has 30 heavy (non-hydrogen) atoms. The molecule has 1 nitrogen and oxygen atoms in total. The molecular formula is C28H33FO. The minimum absolute atomic E-state index is 0.0193. The summed E-state index contributed by atoms with van der Waals surface area (Å²) in [6, 6.07) is 14.2. The van der Waals surface area contributed by atoms with E-state index in [1.54, 1.807) is 12.1 Å². The topological polar surface area (TPSA) is 17.1 Å². The number of allylic oxidation sites excluding steroid dienone is 4. The van der Waals surface area contributed by atoms with Crippen LogP contribution in [0.4, 0.5) is 4.39 Å². The van der Waals surface area contributed by atoms with Crippen molar-refractivity contribution in [1.82, 2.24) is 0 Å². The van der Waals surface area contributed by atoms with Crippen molar-refractivity contribution in [3.05, 3.63) is 94.3 Å². The Hall–Kier alpha value is -2.48. The van der Waals surface area contributed by atoms with E-state index in [1.807, 2.05) is 31.2 Å². The number of rotatable bonds is 8. The summed E-state index contributed by atoms with van der Waals surface area (Å²) >= 11 is 0. The zero-order valence-corrected chi connectivity index (χ0v) is 18.5. The maximum absolute atomic E-state index is 13.8. The van der Waals surface area contributed by atoms with Crippen LogP contribution in [0.1, 0.15) is 79.8 Å². The average molecular weight is 405 g/mol. The Morgan fingerprint density at radius 2 is 1.80 bits per heavy atom. The van der Waals surface area contributed by atoms with Crippen LogP contribution >= 0.6 is 0 Å². The molecule has 1 atom stereocenters. The SMILES string of the molecule is CC/C(=C\C=C(/C)C1CCCC1)CC(C(=O)c1cccc(F)c1)c1ccc(C)cc1. The summed E-state index contributed by atoms with van der Waals surface area (Å²) < 4.78 is 13.8. The molecule has 158 valence electrons. The van der Waals surface area contributed by atoms with E-state index in [1.165, 1.54) is 49.0 Å². The number of benzene rings is 2. The Labute approximate surface area is 180 Å². The highest BCUT2D eigenvalue weighted by Gasteiger charge is 2.23. The second-order valence-corrected chi connectivity index (χ2v) is 8.61. The van der Waals surface area contributed by atoms with Crippen LogP contribution in [0.2, 0.25) is 0 Å². The third-order valence-electron chi connectivity index (χ3n) is 6.41. The Morgan fingerprint density at radius 3 is 2.43 bits per heavy atom. The molecule has 0 N–H and O–H groups in total. The molecule has 0 aliphatic heterocycles. The third-order valence-corrected chi connectivity index (χ3v) is 6.41. The van der Waals surface area contributed by atoms with E-state index in [0.29, 0.717) is 17.9 Å². The molecule has 0 saturated heterocycles. The fourth-order valence-corrected chi connectivity index (χ4v) is 4.36. The van der Waals surface area contributed by atoms with Crippen molar-refractivity contribution in [3.8, 4) is 0 Å². The molecule has 2 heteroatoms. The van der Waals surface area contributed by atoms with Crippen molar-refractivity contribution < 1.29 is 9.18 Å². The average Bonchev–Trinajstić information content (AvgIpc) is 3.29. The first-order valence-electron chi connectivity index (χ1n) is 11.2. The molecule has 0 amide bonds. The van der Waals surface area contributed by atoms with Gasteiger partial charge in [0.25, 0.3) is 0 Å². The predicted molar refractivity (Wildman–Crippen MR) is 123 cm³/mol. The molecular weight excluding hydrogens is 371 g/mol. The summed E-state index contributed by atoms with van der Waals surface area (Å²) in [5.41, 5.74) is 5.29. The summed E-state index contributed by atoms with van der Waals surface area (Å²) in [6.45, 7) is 6.42. The Bertz CT molecular complexity index is 914. The van der Waals surface area contributed by atoms with Crippen LogP contribution in [0, 0.1) is 18.7 Å². The van der Waals surface area contributed by atoms with Gasteiger partial charge in [-0.2, -0.15) is 0 Å². The lowest BCUT2D eigenvalue weighted by molar-refractivity contribution is 0.0958. The van der Waals surface area contributed by atoms with Gasteiger partial charge in [-0.3, -0.25) is 4.79 Å². The lowest BCUT2D eigenvalue weighted by atomic mass is 9.84. The van der Waals surface area contributed by atoms with E-state index in [2.05, 4.69) is 26.0 Å². The fourth-order valence-electron chi connectivity index (χ4n) is 4.36. The maximum Gasteiger partial charge on any atom is 0.170 e. The molecule has 0 spiro atoms. The van der Waals surface area contributed by atoms with Gasteiger partial charge in [0.05, 0.1) is 5.92 Å². The predicted octanol–water partition coefficient (Wildman–Crippen LogP) is 7.96. The van der Waals surface area contributed by atoms with Crippen LogP contribution < -0.4 is 0 Å². The number of halogens is 1. The van der Waals surface area contributed by atoms with Crippen molar-refractivity contribution in [3.63, 3.8) is 0 Å². The highest BCUT2D eigenvalue weighted by atomic mass is 19.1. The summed E-state index contributed by atoms with van der Waals surface area (Å²) in [7, 11) is 0. The van der Waals surface area contributed by atoms with Gasteiger partial charge in [-0.1, -0.05) is 85.0 Å². The van der Waals surface area contributed by atoms with Crippen molar-refractivity contribution in [1.29, 1.82) is 0 Å². The molecule has 0 heterocycles. The quantitative estimate of drug-likeness (QED) is 0.322. The number of ketones is 1. The van der Waals surface area contributed by atoms with Crippen molar-refractivity contribution >= 4 is 5.78 Å². The minimum atomic E-state index is -0.370. The van der Waals surface area contributed by atoms with Crippen LogP contribution in [0.5, 0.6) is 0 Å². The molecule has 2 aromatic rings. The number of hydrogen-bond donors (Lipinski definition) is 0. The van der Waals surface area contributed by atoms with Gasteiger partial charge in [-0.05, 0) is 63.1 Å². The largest absolute Gasteiger partial charge is 0.293 e. The van der Waals surface area contributed by atoms with Gasteiger partial charge in [0.1, 0.15) is 5.82 Å². The van der Waals surface area contributed by atoms with Gasteiger partial charge in [-0.25, -0.2) is 4.39 Å².